The van der Waals surface area contributed by atoms with Gasteiger partial charge in [0.15, 0.2) is 0 Å². The average molecular weight is 289 g/mol. The zero-order chi connectivity index (χ0) is 15.5. The number of carbonyl (C=O) groups is 1. The highest BCUT2D eigenvalue weighted by Crippen LogP contribution is 2.26. The Morgan fingerprint density at radius 1 is 1.48 bits per heavy atom. The molecule has 112 valence electrons. The molecule has 0 radical (unpaired) electrons. The van der Waals surface area contributed by atoms with Crippen LogP contribution in [0.1, 0.15) is 26.5 Å². The number of nitrogens with zero attached hydrogens (tertiary/aromatic N) is 1. The third-order valence-corrected chi connectivity index (χ3v) is 2.64. The molecule has 6 heteroatoms. The van der Waals surface area contributed by atoms with Gasteiger partial charge in [-0.2, -0.15) is 0 Å². The van der Waals surface area contributed by atoms with E-state index in [9.17, 15) is 4.79 Å². The lowest BCUT2D eigenvalue weighted by atomic mass is 10.1. The van der Waals surface area contributed by atoms with E-state index >= 15 is 0 Å². The summed E-state index contributed by atoms with van der Waals surface area (Å²) < 4.78 is 10.2. The number of pyridine rings is 1. The van der Waals surface area contributed by atoms with Gasteiger partial charge in [0.25, 0.3) is 0 Å². The predicted molar refractivity (Wildman–Crippen MR) is 79.4 cm³/mol. The Balaban J connectivity index is 2.05. The predicted octanol–water partition coefficient (Wildman–Crippen LogP) is 2.95. The summed E-state index contributed by atoms with van der Waals surface area (Å²) in [6.07, 6.45) is 4.27. The molecule has 0 saturated heterocycles. The third-order valence-electron chi connectivity index (χ3n) is 2.64. The fourth-order valence-electron chi connectivity index (χ4n) is 1.75. The number of hydrogen-bond donors (Lipinski definition) is 2. The number of nitrogens with two attached hydrogens (primary N) is 1. The first kappa shape index (κ1) is 14.9. The topological polar surface area (TPSA) is 90.4 Å². The van der Waals surface area contributed by atoms with Crippen LogP contribution >= 0.6 is 0 Å². The number of nitrogens with one attached hydrogen (secondary N) is 1. The van der Waals surface area contributed by atoms with E-state index in [2.05, 4.69) is 10.3 Å². The molecule has 0 fully saturated rings. The summed E-state index contributed by atoms with van der Waals surface area (Å²) in [5.41, 5.74) is 8.30. The summed E-state index contributed by atoms with van der Waals surface area (Å²) in [5, 5.41) is 2.66. The Bertz CT molecular complexity index is 616. The number of anilines is 1. The van der Waals surface area contributed by atoms with E-state index < -0.39 is 11.7 Å². The van der Waals surface area contributed by atoms with Gasteiger partial charge < -0.3 is 20.2 Å². The normalized spacial score (nSPS) is 11.2. The van der Waals surface area contributed by atoms with E-state index in [0.29, 0.717) is 11.4 Å². The van der Waals surface area contributed by atoms with Crippen molar-refractivity contribution in [3.63, 3.8) is 0 Å². The number of ether oxygens (including phenoxy) is 1. The Kier molecular flexibility index (Phi) is 4.16. The summed E-state index contributed by atoms with van der Waals surface area (Å²) in [5.74, 6) is 0. The standard InChI is InChI=1S/C15H19N3O3/c1-15(2,3)21-14(19)18-7-11-6-12(13(16)8-17-11)10-4-5-20-9-10/h4-6,8-9H,7,16H2,1-3H3,(H,18,19). The Labute approximate surface area is 123 Å². The molecule has 3 N–H and O–H groups in total. The molecule has 2 rings (SSSR count). The van der Waals surface area contributed by atoms with Crippen molar-refractivity contribution in [2.75, 3.05) is 5.73 Å². The monoisotopic (exact) mass is 289 g/mol. The first-order valence-corrected chi connectivity index (χ1v) is 6.59. The molecule has 2 aromatic heterocycles. The van der Waals surface area contributed by atoms with Gasteiger partial charge in [-0.1, -0.05) is 0 Å². The van der Waals surface area contributed by atoms with Crippen LogP contribution in [-0.2, 0) is 11.3 Å². The molecular weight excluding hydrogens is 270 g/mol. The maximum atomic E-state index is 11.6. The van der Waals surface area contributed by atoms with Crippen molar-refractivity contribution >= 4 is 11.8 Å². The zero-order valence-corrected chi connectivity index (χ0v) is 12.3. The second-order valence-corrected chi connectivity index (χ2v) is 5.63. The molecule has 0 saturated carbocycles. The van der Waals surface area contributed by atoms with Crippen LogP contribution in [-0.4, -0.2) is 16.7 Å². The fraction of sp³-hybridized carbons (Fsp3) is 0.333. The van der Waals surface area contributed by atoms with E-state index in [4.69, 9.17) is 14.9 Å². The minimum atomic E-state index is -0.527. The minimum absolute atomic E-state index is 0.264. The molecule has 0 aromatic carbocycles. The smallest absolute Gasteiger partial charge is 0.407 e. The van der Waals surface area contributed by atoms with Gasteiger partial charge >= 0.3 is 6.09 Å². The van der Waals surface area contributed by atoms with Gasteiger partial charge in [-0.3, -0.25) is 4.98 Å². The second-order valence-electron chi connectivity index (χ2n) is 5.63. The molecule has 0 unspecified atom stereocenters. The number of alkyl carbamates (subject to hydrolysis) is 1. The van der Waals surface area contributed by atoms with Crippen LogP contribution in [0.3, 0.4) is 0 Å². The largest absolute Gasteiger partial charge is 0.472 e. The van der Waals surface area contributed by atoms with Gasteiger partial charge in [0.05, 0.1) is 36.6 Å². The van der Waals surface area contributed by atoms with E-state index in [1.807, 2.05) is 32.9 Å². The lowest BCUT2D eigenvalue weighted by Crippen LogP contribution is -2.32. The zero-order valence-electron chi connectivity index (χ0n) is 12.3. The molecule has 0 aliphatic carbocycles. The van der Waals surface area contributed by atoms with E-state index in [0.717, 1.165) is 11.1 Å². The van der Waals surface area contributed by atoms with Crippen molar-refractivity contribution in [2.45, 2.75) is 32.9 Å². The number of amides is 1. The first-order chi connectivity index (χ1) is 9.85. The van der Waals surface area contributed by atoms with Gasteiger partial charge in [0.1, 0.15) is 5.60 Å². The van der Waals surface area contributed by atoms with Gasteiger partial charge in [-0.05, 0) is 32.9 Å². The van der Waals surface area contributed by atoms with Crippen molar-refractivity contribution in [1.82, 2.24) is 10.3 Å². The van der Waals surface area contributed by atoms with Crippen LogP contribution in [0.2, 0.25) is 0 Å². The lowest BCUT2D eigenvalue weighted by molar-refractivity contribution is 0.0523. The van der Waals surface area contributed by atoms with Gasteiger partial charge in [0, 0.05) is 11.1 Å². The summed E-state index contributed by atoms with van der Waals surface area (Å²) >= 11 is 0. The van der Waals surface area contributed by atoms with Crippen LogP contribution in [0.4, 0.5) is 10.5 Å². The molecule has 21 heavy (non-hydrogen) atoms. The highest BCUT2D eigenvalue weighted by atomic mass is 16.6. The minimum Gasteiger partial charge on any atom is -0.472 e. The van der Waals surface area contributed by atoms with Crippen LogP contribution in [0.25, 0.3) is 11.1 Å². The fourth-order valence-corrected chi connectivity index (χ4v) is 1.75. The molecular formula is C15H19N3O3. The Morgan fingerprint density at radius 2 is 2.24 bits per heavy atom. The van der Waals surface area contributed by atoms with Crippen molar-refractivity contribution < 1.29 is 13.9 Å². The number of furan rings is 1. The maximum Gasteiger partial charge on any atom is 0.407 e. The lowest BCUT2D eigenvalue weighted by Gasteiger charge is -2.19. The summed E-state index contributed by atoms with van der Waals surface area (Å²) in [6.45, 7) is 5.70. The van der Waals surface area contributed by atoms with Crippen molar-refractivity contribution in [3.05, 3.63) is 36.5 Å². The summed E-state index contributed by atoms with van der Waals surface area (Å²) in [4.78, 5) is 15.8. The first-order valence-electron chi connectivity index (χ1n) is 6.59. The molecule has 0 atom stereocenters. The molecule has 0 aliphatic heterocycles. The maximum absolute atomic E-state index is 11.6. The quantitative estimate of drug-likeness (QED) is 0.906. The molecule has 0 bridgehead atoms. The number of rotatable bonds is 3. The molecule has 1 amide bonds. The number of carbonyl (C=O) groups excluding carboxylic acids is 1. The third kappa shape index (κ3) is 4.24. The number of nitrogen functional groups attached to an aromatic ring is 1. The van der Waals surface area contributed by atoms with E-state index in [1.165, 1.54) is 0 Å². The van der Waals surface area contributed by atoms with Gasteiger partial charge in [-0.15, -0.1) is 0 Å². The summed E-state index contributed by atoms with van der Waals surface area (Å²) in [7, 11) is 0. The SMILES string of the molecule is CC(C)(C)OC(=O)NCc1cc(-c2ccoc2)c(N)cn1. The molecule has 0 aliphatic rings. The van der Waals surface area contributed by atoms with Crippen molar-refractivity contribution in [3.8, 4) is 11.1 Å². The Hall–Kier alpha value is -2.50. The average Bonchev–Trinajstić information content (AvgIpc) is 2.89. The van der Waals surface area contributed by atoms with Crippen LogP contribution in [0.5, 0.6) is 0 Å². The molecule has 6 nitrogen and oxygen atoms in total. The van der Waals surface area contributed by atoms with Crippen molar-refractivity contribution in [2.24, 2.45) is 0 Å². The molecule has 2 aromatic rings. The van der Waals surface area contributed by atoms with E-state index in [-0.39, 0.29) is 6.54 Å². The van der Waals surface area contributed by atoms with Gasteiger partial charge in [-0.25, -0.2) is 4.79 Å². The highest BCUT2D eigenvalue weighted by molar-refractivity contribution is 5.75. The number of aromatic nitrogens is 1. The van der Waals surface area contributed by atoms with Crippen molar-refractivity contribution in [1.29, 1.82) is 0 Å². The van der Waals surface area contributed by atoms with Gasteiger partial charge in [0.2, 0.25) is 0 Å². The van der Waals surface area contributed by atoms with E-state index in [1.54, 1.807) is 18.7 Å². The second kappa shape index (κ2) is 5.87. The Morgan fingerprint density at radius 3 is 2.86 bits per heavy atom. The number of hydrogen-bond acceptors (Lipinski definition) is 5. The summed E-state index contributed by atoms with van der Waals surface area (Å²) in [6, 6.07) is 3.63. The van der Waals surface area contributed by atoms with Crippen LogP contribution < -0.4 is 11.1 Å². The van der Waals surface area contributed by atoms with Crippen LogP contribution in [0, 0.1) is 0 Å². The molecule has 2 heterocycles. The van der Waals surface area contributed by atoms with Crippen LogP contribution in [0.15, 0.2) is 35.3 Å². The highest BCUT2D eigenvalue weighted by Gasteiger charge is 2.16. The molecule has 0 spiro atoms.